The topological polar surface area (TPSA) is 59.7 Å². The van der Waals surface area contributed by atoms with Crippen LogP contribution in [0.1, 0.15) is 75.2 Å². The van der Waals surface area contributed by atoms with Crippen LogP contribution in [0, 0.1) is 13.8 Å². The molecule has 0 aliphatic heterocycles. The van der Waals surface area contributed by atoms with E-state index in [2.05, 4.69) is 6.92 Å². The highest BCUT2D eigenvalue weighted by molar-refractivity contribution is 5.29. The number of hydrogen-bond donors (Lipinski definition) is 1. The predicted octanol–water partition coefficient (Wildman–Crippen LogP) is 4.31. The van der Waals surface area contributed by atoms with E-state index in [9.17, 15) is 9.90 Å². The number of unbranched alkanes of at least 4 members (excludes halogenated alkanes) is 6. The molecule has 4 heteroatoms. The smallest absolute Gasteiger partial charge is 0.291 e. The van der Waals surface area contributed by atoms with Gasteiger partial charge in [-0.15, -0.1) is 0 Å². The lowest BCUT2D eigenvalue weighted by molar-refractivity contribution is 0.149. The summed E-state index contributed by atoms with van der Waals surface area (Å²) in [4.78, 5) is 12.1. The minimum atomic E-state index is -0.472. The molecule has 0 aliphatic carbocycles. The van der Waals surface area contributed by atoms with E-state index in [0.29, 0.717) is 23.3 Å². The van der Waals surface area contributed by atoms with Gasteiger partial charge in [0.2, 0.25) is 0 Å². The van der Waals surface area contributed by atoms with Crippen LogP contribution in [-0.2, 0) is 6.42 Å². The third kappa shape index (κ3) is 6.38. The standard InChI is InChI=1S/C19H32O4/c1-5-6-7-8-9-10-11-12-16(20)13-17-14(2)18(21)15(3)19(22-4)23-17/h16,20H,5-13H2,1-4H3. The molecular weight excluding hydrogens is 292 g/mol. The van der Waals surface area contributed by atoms with E-state index in [0.717, 1.165) is 19.3 Å². The van der Waals surface area contributed by atoms with Crippen molar-refractivity contribution >= 4 is 0 Å². The van der Waals surface area contributed by atoms with Gasteiger partial charge in [-0.2, -0.15) is 0 Å². The van der Waals surface area contributed by atoms with Crippen LogP contribution in [0.5, 0.6) is 5.95 Å². The Kier molecular flexibility index (Phi) is 9.00. The first-order chi connectivity index (χ1) is 11.0. The summed E-state index contributed by atoms with van der Waals surface area (Å²) >= 11 is 0. The Morgan fingerprint density at radius 3 is 2.26 bits per heavy atom. The Morgan fingerprint density at radius 2 is 1.65 bits per heavy atom. The van der Waals surface area contributed by atoms with Gasteiger partial charge in [0.05, 0.1) is 18.8 Å². The molecule has 0 saturated heterocycles. The summed E-state index contributed by atoms with van der Waals surface area (Å²) in [7, 11) is 1.49. The molecule has 23 heavy (non-hydrogen) atoms. The van der Waals surface area contributed by atoms with Gasteiger partial charge in [-0.25, -0.2) is 0 Å². The second-order valence-corrected chi connectivity index (χ2v) is 6.36. The second kappa shape index (κ2) is 10.5. The molecule has 0 aromatic carbocycles. The predicted molar refractivity (Wildman–Crippen MR) is 93.3 cm³/mol. The Bertz CT molecular complexity index is 519. The molecule has 0 radical (unpaired) electrons. The molecule has 1 heterocycles. The summed E-state index contributed by atoms with van der Waals surface area (Å²) in [5, 5.41) is 10.2. The second-order valence-electron chi connectivity index (χ2n) is 6.36. The molecule has 0 aliphatic rings. The van der Waals surface area contributed by atoms with E-state index in [1.807, 2.05) is 0 Å². The van der Waals surface area contributed by atoms with E-state index in [4.69, 9.17) is 9.15 Å². The molecule has 0 fully saturated rings. The largest absolute Gasteiger partial charge is 0.468 e. The van der Waals surface area contributed by atoms with Gasteiger partial charge in [-0.05, 0) is 20.3 Å². The highest BCUT2D eigenvalue weighted by atomic mass is 16.6. The van der Waals surface area contributed by atoms with Gasteiger partial charge >= 0.3 is 0 Å². The zero-order valence-electron chi connectivity index (χ0n) is 15.1. The van der Waals surface area contributed by atoms with E-state index in [1.165, 1.54) is 39.2 Å². The van der Waals surface area contributed by atoms with E-state index in [-0.39, 0.29) is 11.4 Å². The van der Waals surface area contributed by atoms with Gasteiger partial charge in [-0.1, -0.05) is 51.9 Å². The maximum Gasteiger partial charge on any atom is 0.291 e. The van der Waals surface area contributed by atoms with Crippen molar-refractivity contribution < 1.29 is 14.3 Å². The molecule has 1 N–H and O–H groups in total. The van der Waals surface area contributed by atoms with E-state index in [1.54, 1.807) is 13.8 Å². The van der Waals surface area contributed by atoms with Crippen molar-refractivity contribution in [2.24, 2.45) is 0 Å². The van der Waals surface area contributed by atoms with Crippen molar-refractivity contribution in [3.63, 3.8) is 0 Å². The first-order valence-electron chi connectivity index (χ1n) is 8.86. The summed E-state index contributed by atoms with van der Waals surface area (Å²) in [6.45, 7) is 5.65. The Hall–Kier alpha value is -1.29. The molecular formula is C19H32O4. The summed E-state index contributed by atoms with van der Waals surface area (Å²) in [6.07, 6.45) is 9.22. The number of methoxy groups -OCH3 is 1. The van der Waals surface area contributed by atoms with Gasteiger partial charge in [0.15, 0.2) is 5.43 Å². The van der Waals surface area contributed by atoms with Crippen LogP contribution in [0.2, 0.25) is 0 Å². The summed E-state index contributed by atoms with van der Waals surface area (Å²) in [6, 6.07) is 0. The SMILES string of the molecule is CCCCCCCCCC(O)Cc1oc(OC)c(C)c(=O)c1C. The summed E-state index contributed by atoms with van der Waals surface area (Å²) < 4.78 is 10.7. The van der Waals surface area contributed by atoms with Crippen molar-refractivity contribution in [1.29, 1.82) is 0 Å². The third-order valence-electron chi connectivity index (χ3n) is 4.37. The van der Waals surface area contributed by atoms with Crippen molar-refractivity contribution in [3.8, 4) is 5.95 Å². The summed E-state index contributed by atoms with van der Waals surface area (Å²) in [5.74, 6) is 0.784. The average molecular weight is 324 g/mol. The van der Waals surface area contributed by atoms with Gasteiger partial charge in [0.1, 0.15) is 5.76 Å². The molecule has 0 amide bonds. The molecule has 0 spiro atoms. The van der Waals surface area contributed by atoms with Crippen LogP contribution in [0.15, 0.2) is 9.21 Å². The lowest BCUT2D eigenvalue weighted by atomic mass is 10.0. The molecule has 1 unspecified atom stereocenters. The van der Waals surface area contributed by atoms with Gasteiger partial charge in [0, 0.05) is 12.0 Å². The molecule has 4 nitrogen and oxygen atoms in total. The van der Waals surface area contributed by atoms with Crippen molar-refractivity contribution in [2.75, 3.05) is 7.11 Å². The molecule has 0 saturated carbocycles. The maximum atomic E-state index is 12.1. The molecule has 1 aromatic heterocycles. The molecule has 1 aromatic rings. The fourth-order valence-corrected chi connectivity index (χ4v) is 2.81. The third-order valence-corrected chi connectivity index (χ3v) is 4.37. The highest BCUT2D eigenvalue weighted by Gasteiger charge is 2.16. The van der Waals surface area contributed by atoms with Gasteiger partial charge in [0.25, 0.3) is 5.95 Å². The average Bonchev–Trinajstić information content (AvgIpc) is 2.54. The van der Waals surface area contributed by atoms with Crippen molar-refractivity contribution in [2.45, 2.75) is 84.7 Å². The minimum absolute atomic E-state index is 0.0637. The molecule has 132 valence electrons. The minimum Gasteiger partial charge on any atom is -0.468 e. The normalized spacial score (nSPS) is 12.4. The first kappa shape index (κ1) is 19.8. The van der Waals surface area contributed by atoms with Crippen molar-refractivity contribution in [3.05, 3.63) is 27.1 Å². The van der Waals surface area contributed by atoms with Crippen LogP contribution < -0.4 is 10.2 Å². The lowest BCUT2D eigenvalue weighted by Gasteiger charge is -2.13. The number of rotatable bonds is 11. The molecule has 1 atom stereocenters. The Labute approximate surface area is 139 Å². The first-order valence-corrected chi connectivity index (χ1v) is 8.86. The number of ether oxygens (including phenoxy) is 1. The van der Waals surface area contributed by atoms with E-state index < -0.39 is 6.10 Å². The van der Waals surface area contributed by atoms with Crippen molar-refractivity contribution in [1.82, 2.24) is 0 Å². The Morgan fingerprint density at radius 1 is 1.04 bits per heavy atom. The molecule has 0 bridgehead atoms. The quantitative estimate of drug-likeness (QED) is 0.616. The maximum absolute atomic E-state index is 12.1. The zero-order valence-corrected chi connectivity index (χ0v) is 15.1. The van der Waals surface area contributed by atoms with Crippen LogP contribution >= 0.6 is 0 Å². The highest BCUT2D eigenvalue weighted by Crippen LogP contribution is 2.20. The van der Waals surface area contributed by atoms with Gasteiger partial charge in [-0.3, -0.25) is 4.79 Å². The fraction of sp³-hybridized carbons (Fsp3) is 0.737. The number of hydrogen-bond acceptors (Lipinski definition) is 4. The van der Waals surface area contributed by atoms with Crippen LogP contribution in [0.25, 0.3) is 0 Å². The zero-order chi connectivity index (χ0) is 17.2. The van der Waals surface area contributed by atoms with Crippen LogP contribution in [0.3, 0.4) is 0 Å². The van der Waals surface area contributed by atoms with E-state index >= 15 is 0 Å². The summed E-state index contributed by atoms with van der Waals surface area (Å²) in [5.41, 5.74) is 0.989. The number of aliphatic hydroxyl groups excluding tert-OH is 1. The fourth-order valence-electron chi connectivity index (χ4n) is 2.81. The van der Waals surface area contributed by atoms with Gasteiger partial charge < -0.3 is 14.3 Å². The van der Waals surface area contributed by atoms with Crippen LogP contribution in [-0.4, -0.2) is 18.3 Å². The molecule has 1 rings (SSSR count). The Balaban J connectivity index is 2.44. The monoisotopic (exact) mass is 324 g/mol. The number of aliphatic hydroxyl groups is 1. The lowest BCUT2D eigenvalue weighted by Crippen LogP contribution is -2.17. The van der Waals surface area contributed by atoms with Crippen LogP contribution in [0.4, 0.5) is 0 Å².